The van der Waals surface area contributed by atoms with E-state index in [0.717, 1.165) is 22.2 Å². The van der Waals surface area contributed by atoms with Gasteiger partial charge in [0.15, 0.2) is 0 Å². The van der Waals surface area contributed by atoms with Crippen molar-refractivity contribution in [3.63, 3.8) is 0 Å². The van der Waals surface area contributed by atoms with Gasteiger partial charge in [-0.3, -0.25) is 9.59 Å². The largest absolute Gasteiger partial charge is 0.497 e. The van der Waals surface area contributed by atoms with Crippen LogP contribution in [0.15, 0.2) is 48.5 Å². The quantitative estimate of drug-likeness (QED) is 0.582. The van der Waals surface area contributed by atoms with E-state index in [0.29, 0.717) is 16.8 Å². The maximum absolute atomic E-state index is 12.3. The lowest BCUT2D eigenvalue weighted by Gasteiger charge is -2.00. The van der Waals surface area contributed by atoms with Crippen LogP contribution in [-0.2, 0) is 4.79 Å². The molecule has 112 valence electrons. The number of fused-ring (bicyclic) bond motifs is 3. The molecular formula is C19H13NO3. The van der Waals surface area contributed by atoms with Crippen LogP contribution in [0.1, 0.15) is 21.6 Å². The Hall–Kier alpha value is -3.14. The smallest absolute Gasteiger partial charge is 0.236 e. The van der Waals surface area contributed by atoms with E-state index in [9.17, 15) is 9.59 Å². The van der Waals surface area contributed by atoms with E-state index < -0.39 is 11.6 Å². The first-order valence-corrected chi connectivity index (χ1v) is 7.25. The molecule has 0 radical (unpaired) electrons. The molecule has 1 aliphatic carbocycles. The van der Waals surface area contributed by atoms with Gasteiger partial charge in [0.05, 0.1) is 23.9 Å². The van der Waals surface area contributed by atoms with Gasteiger partial charge >= 0.3 is 0 Å². The molecule has 2 aromatic carbocycles. The summed E-state index contributed by atoms with van der Waals surface area (Å²) in [5, 5.41) is 0.791. The Morgan fingerprint density at radius 3 is 2.43 bits per heavy atom. The predicted molar refractivity (Wildman–Crippen MR) is 88.5 cm³/mol. The van der Waals surface area contributed by atoms with Gasteiger partial charge in [-0.05, 0) is 29.8 Å². The molecule has 4 rings (SSSR count). The normalized spacial score (nSPS) is 15.4. The fourth-order valence-electron chi connectivity index (χ4n) is 2.93. The van der Waals surface area contributed by atoms with Crippen molar-refractivity contribution < 1.29 is 14.3 Å². The predicted octanol–water partition coefficient (Wildman–Crippen LogP) is 3.48. The molecule has 23 heavy (non-hydrogen) atoms. The Labute approximate surface area is 132 Å². The minimum absolute atomic E-state index is 0.409. The summed E-state index contributed by atoms with van der Waals surface area (Å²) < 4.78 is 5.13. The number of allylic oxidation sites excluding steroid dienone is 1. The molecule has 1 aromatic heterocycles. The van der Waals surface area contributed by atoms with Crippen molar-refractivity contribution in [3.05, 3.63) is 65.4 Å². The average Bonchev–Trinajstić information content (AvgIpc) is 3.07. The summed E-state index contributed by atoms with van der Waals surface area (Å²) in [6.07, 6.45) is 1.74. The van der Waals surface area contributed by atoms with Crippen LogP contribution in [0, 0.1) is 0 Å². The van der Waals surface area contributed by atoms with Crippen molar-refractivity contribution in [1.29, 1.82) is 0 Å². The number of rotatable bonds is 2. The van der Waals surface area contributed by atoms with Crippen LogP contribution in [0.2, 0.25) is 0 Å². The van der Waals surface area contributed by atoms with E-state index >= 15 is 0 Å². The van der Waals surface area contributed by atoms with Crippen molar-refractivity contribution in [2.45, 2.75) is 0 Å². The van der Waals surface area contributed by atoms with E-state index in [1.807, 2.05) is 48.5 Å². The van der Waals surface area contributed by atoms with Gasteiger partial charge in [0, 0.05) is 10.9 Å². The summed E-state index contributed by atoms with van der Waals surface area (Å²) in [6.45, 7) is 0. The van der Waals surface area contributed by atoms with Crippen molar-refractivity contribution in [2.24, 2.45) is 0 Å². The highest BCUT2D eigenvalue weighted by atomic mass is 16.5. The first kappa shape index (κ1) is 13.5. The van der Waals surface area contributed by atoms with Crippen LogP contribution < -0.4 is 4.74 Å². The highest BCUT2D eigenvalue weighted by molar-refractivity contribution is 6.65. The average molecular weight is 303 g/mol. The maximum atomic E-state index is 12.3. The Balaban J connectivity index is 1.88. The molecule has 4 nitrogen and oxygen atoms in total. The number of carbonyl (C=O) groups excluding carboxylic acids is 2. The maximum Gasteiger partial charge on any atom is 0.236 e. The van der Waals surface area contributed by atoms with Crippen molar-refractivity contribution >= 4 is 34.1 Å². The van der Waals surface area contributed by atoms with Crippen LogP contribution in [0.4, 0.5) is 0 Å². The lowest BCUT2D eigenvalue weighted by atomic mass is 10.1. The standard InChI is InChI=1S/C19H13NO3/c1-23-12-8-6-11(7-9-12)10-14-17-16(19(22)18(14)21)13-4-2-3-5-15(13)20-17/h2-10,20H,1H3/b14-10-. The number of carbonyl (C=O) groups is 2. The molecule has 0 unspecified atom stereocenters. The minimum Gasteiger partial charge on any atom is -0.497 e. The van der Waals surface area contributed by atoms with Crippen molar-refractivity contribution in [2.75, 3.05) is 7.11 Å². The third-order valence-electron chi connectivity index (χ3n) is 4.08. The van der Waals surface area contributed by atoms with Gasteiger partial charge in [-0.25, -0.2) is 0 Å². The Bertz CT molecular complexity index is 978. The van der Waals surface area contributed by atoms with Gasteiger partial charge in [0.25, 0.3) is 0 Å². The molecule has 0 fully saturated rings. The number of aromatic amines is 1. The summed E-state index contributed by atoms with van der Waals surface area (Å²) in [6, 6.07) is 14.9. The Morgan fingerprint density at radius 1 is 0.957 bits per heavy atom. The monoisotopic (exact) mass is 303 g/mol. The topological polar surface area (TPSA) is 59.2 Å². The molecule has 3 aromatic rings. The minimum atomic E-state index is -0.465. The Morgan fingerprint density at radius 2 is 1.70 bits per heavy atom. The zero-order valence-electron chi connectivity index (χ0n) is 12.4. The number of H-pyrrole nitrogens is 1. The molecular weight excluding hydrogens is 290 g/mol. The lowest BCUT2D eigenvalue weighted by Crippen LogP contribution is -2.06. The molecule has 0 saturated carbocycles. The second kappa shape index (κ2) is 4.95. The third kappa shape index (κ3) is 1.99. The van der Waals surface area contributed by atoms with E-state index in [4.69, 9.17) is 4.74 Å². The van der Waals surface area contributed by atoms with Gasteiger partial charge in [-0.2, -0.15) is 0 Å². The number of hydrogen-bond donors (Lipinski definition) is 1. The highest BCUT2D eigenvalue weighted by Crippen LogP contribution is 2.36. The third-order valence-corrected chi connectivity index (χ3v) is 4.08. The van der Waals surface area contributed by atoms with Gasteiger partial charge < -0.3 is 9.72 Å². The van der Waals surface area contributed by atoms with Gasteiger partial charge in [-0.1, -0.05) is 30.3 Å². The van der Waals surface area contributed by atoms with Crippen molar-refractivity contribution in [3.8, 4) is 5.75 Å². The molecule has 1 heterocycles. The number of nitrogens with one attached hydrogen (secondary N) is 1. The van der Waals surface area contributed by atoms with E-state index in [2.05, 4.69) is 4.98 Å². The molecule has 0 spiro atoms. The number of ether oxygens (including phenoxy) is 1. The summed E-state index contributed by atoms with van der Waals surface area (Å²) in [5.41, 5.74) is 3.20. The number of benzene rings is 2. The number of para-hydroxylation sites is 1. The molecule has 4 heteroatoms. The molecule has 0 saturated heterocycles. The zero-order valence-corrected chi connectivity index (χ0v) is 12.4. The second-order valence-corrected chi connectivity index (χ2v) is 5.41. The number of Topliss-reactive ketones (excluding diaryl/α,β-unsaturated/α-hetero) is 2. The number of hydrogen-bond acceptors (Lipinski definition) is 3. The fraction of sp³-hybridized carbons (Fsp3) is 0.0526. The molecule has 0 aliphatic heterocycles. The highest BCUT2D eigenvalue weighted by Gasteiger charge is 2.36. The SMILES string of the molecule is COc1ccc(/C=C2\C(=O)C(=O)c3c2[nH]c2ccccc32)cc1. The van der Waals surface area contributed by atoms with Gasteiger partial charge in [0.2, 0.25) is 11.6 Å². The van der Waals surface area contributed by atoms with Crippen molar-refractivity contribution in [1.82, 2.24) is 4.98 Å². The lowest BCUT2D eigenvalue weighted by molar-refractivity contribution is -0.109. The first-order chi connectivity index (χ1) is 11.2. The van der Waals surface area contributed by atoms with E-state index in [-0.39, 0.29) is 0 Å². The molecule has 1 aliphatic rings. The fourth-order valence-corrected chi connectivity index (χ4v) is 2.93. The van der Waals surface area contributed by atoms with Crippen LogP contribution in [0.3, 0.4) is 0 Å². The van der Waals surface area contributed by atoms with Crippen LogP contribution >= 0.6 is 0 Å². The summed E-state index contributed by atoms with van der Waals surface area (Å²) in [5.74, 6) is -0.169. The van der Waals surface area contributed by atoms with Crippen LogP contribution in [0.25, 0.3) is 22.6 Å². The number of ketones is 2. The van der Waals surface area contributed by atoms with Crippen LogP contribution in [-0.4, -0.2) is 23.7 Å². The van der Waals surface area contributed by atoms with Gasteiger partial charge in [-0.15, -0.1) is 0 Å². The molecule has 1 N–H and O–H groups in total. The molecule has 0 bridgehead atoms. The number of methoxy groups -OCH3 is 1. The summed E-state index contributed by atoms with van der Waals surface area (Å²) in [7, 11) is 1.60. The second-order valence-electron chi connectivity index (χ2n) is 5.41. The van der Waals surface area contributed by atoms with E-state index in [1.54, 1.807) is 13.2 Å². The summed E-state index contributed by atoms with van der Waals surface area (Å²) in [4.78, 5) is 27.9. The van der Waals surface area contributed by atoms with E-state index in [1.165, 1.54) is 0 Å². The summed E-state index contributed by atoms with van der Waals surface area (Å²) >= 11 is 0. The molecule has 0 atom stereocenters. The number of aromatic nitrogens is 1. The molecule has 0 amide bonds. The van der Waals surface area contributed by atoms with Crippen LogP contribution in [0.5, 0.6) is 5.75 Å². The van der Waals surface area contributed by atoms with Gasteiger partial charge in [0.1, 0.15) is 5.75 Å². The zero-order chi connectivity index (χ0) is 16.0. The first-order valence-electron chi connectivity index (χ1n) is 7.25. The Kier molecular flexibility index (Phi) is 2.91.